The van der Waals surface area contributed by atoms with Crippen molar-refractivity contribution in [2.24, 2.45) is 0 Å². The normalized spacial score (nSPS) is 23.8. The predicted molar refractivity (Wildman–Crippen MR) is 79.3 cm³/mol. The highest BCUT2D eigenvalue weighted by Gasteiger charge is 2.23. The summed E-state index contributed by atoms with van der Waals surface area (Å²) in [5, 5.41) is 3.53. The second kappa shape index (κ2) is 7.16. The molecule has 1 aromatic rings. The monoisotopic (exact) mass is 281 g/mol. The largest absolute Gasteiger partial charge is 0.314 e. The van der Waals surface area contributed by atoms with Gasteiger partial charge in [0.2, 0.25) is 5.92 Å². The van der Waals surface area contributed by atoms with Crippen LogP contribution in [0.15, 0.2) is 30.3 Å². The van der Waals surface area contributed by atoms with E-state index in [2.05, 4.69) is 29.6 Å². The van der Waals surface area contributed by atoms with E-state index in [9.17, 15) is 8.78 Å². The van der Waals surface area contributed by atoms with Crippen molar-refractivity contribution < 1.29 is 8.78 Å². The van der Waals surface area contributed by atoms with Gasteiger partial charge in [-0.05, 0) is 50.6 Å². The highest BCUT2D eigenvalue weighted by molar-refractivity contribution is 5.20. The number of benzene rings is 1. The maximum absolute atomic E-state index is 12.8. The number of hydrogen-bond donors (Lipinski definition) is 1. The van der Waals surface area contributed by atoms with Crippen molar-refractivity contribution in [3.63, 3.8) is 0 Å². The first kappa shape index (κ1) is 15.4. The van der Waals surface area contributed by atoms with Crippen LogP contribution in [0.3, 0.4) is 0 Å². The number of unbranched alkanes of at least 4 members (excludes halogenated alkanes) is 1. The van der Waals surface area contributed by atoms with Crippen molar-refractivity contribution in [3.8, 4) is 0 Å². The van der Waals surface area contributed by atoms with Crippen LogP contribution in [0.2, 0.25) is 0 Å². The van der Waals surface area contributed by atoms with Crippen LogP contribution in [0.4, 0.5) is 8.78 Å². The van der Waals surface area contributed by atoms with E-state index in [4.69, 9.17) is 0 Å². The van der Waals surface area contributed by atoms with Crippen LogP contribution in [0.25, 0.3) is 0 Å². The van der Waals surface area contributed by atoms with Crippen molar-refractivity contribution in [3.05, 3.63) is 35.9 Å². The summed E-state index contributed by atoms with van der Waals surface area (Å²) in [6.07, 6.45) is 4.85. The molecule has 0 amide bonds. The summed E-state index contributed by atoms with van der Waals surface area (Å²) in [7, 11) is 0. The Morgan fingerprint density at radius 2 is 1.95 bits per heavy atom. The number of rotatable bonds is 6. The molecule has 1 aliphatic rings. The summed E-state index contributed by atoms with van der Waals surface area (Å²) in [6, 6.07) is 11.1. The summed E-state index contributed by atoms with van der Waals surface area (Å²) in [5.74, 6) is -1.89. The van der Waals surface area contributed by atoms with Crippen LogP contribution < -0.4 is 5.32 Å². The van der Waals surface area contributed by atoms with Gasteiger partial charge in [0.05, 0.1) is 0 Å². The maximum atomic E-state index is 12.8. The minimum Gasteiger partial charge on any atom is -0.314 e. The van der Waals surface area contributed by atoms with Crippen molar-refractivity contribution in [2.45, 2.75) is 63.3 Å². The Labute approximate surface area is 120 Å². The summed E-state index contributed by atoms with van der Waals surface area (Å²) in [4.78, 5) is 0. The first-order chi connectivity index (χ1) is 9.54. The molecular weight excluding hydrogens is 256 g/mol. The number of alkyl halides is 2. The lowest BCUT2D eigenvalue weighted by Gasteiger charge is -2.31. The minimum absolute atomic E-state index is 0.0157. The molecule has 1 nitrogen and oxygen atoms in total. The van der Waals surface area contributed by atoms with Gasteiger partial charge in [-0.15, -0.1) is 0 Å². The summed E-state index contributed by atoms with van der Waals surface area (Å²) >= 11 is 0. The molecule has 1 fully saturated rings. The summed E-state index contributed by atoms with van der Waals surface area (Å²) in [6.45, 7) is 2.05. The smallest absolute Gasteiger partial charge is 0.245 e. The fourth-order valence-electron chi connectivity index (χ4n) is 3.08. The zero-order valence-electron chi connectivity index (χ0n) is 12.2. The Morgan fingerprint density at radius 1 is 1.20 bits per heavy atom. The molecule has 2 unspecified atom stereocenters. The first-order valence-electron chi connectivity index (χ1n) is 7.71. The van der Waals surface area contributed by atoms with Crippen molar-refractivity contribution >= 4 is 0 Å². The van der Waals surface area contributed by atoms with Gasteiger partial charge in [-0.1, -0.05) is 36.8 Å². The van der Waals surface area contributed by atoms with Gasteiger partial charge in [-0.2, -0.15) is 0 Å². The predicted octanol–water partition coefficient (Wildman–Crippen LogP) is 4.74. The third-order valence-electron chi connectivity index (χ3n) is 4.18. The lowest BCUT2D eigenvalue weighted by molar-refractivity contribution is 0.0101. The quantitative estimate of drug-likeness (QED) is 0.743. The van der Waals surface area contributed by atoms with Gasteiger partial charge in [-0.25, -0.2) is 8.78 Å². The average Bonchev–Trinajstić information content (AvgIpc) is 2.44. The second-order valence-corrected chi connectivity index (χ2v) is 6.10. The Bertz CT molecular complexity index is 386. The van der Waals surface area contributed by atoms with Gasteiger partial charge in [0.1, 0.15) is 0 Å². The van der Waals surface area contributed by atoms with Crippen LogP contribution in [-0.2, 0) is 0 Å². The molecule has 1 aromatic carbocycles. The zero-order chi connectivity index (χ0) is 14.4. The molecule has 0 spiro atoms. The molecule has 0 radical (unpaired) electrons. The van der Waals surface area contributed by atoms with E-state index in [0.29, 0.717) is 18.4 Å². The number of nitrogens with one attached hydrogen (secondary N) is 1. The Morgan fingerprint density at radius 3 is 2.65 bits per heavy atom. The van der Waals surface area contributed by atoms with Gasteiger partial charge in [0.15, 0.2) is 0 Å². The third kappa shape index (κ3) is 5.20. The van der Waals surface area contributed by atoms with Crippen molar-refractivity contribution in [2.75, 3.05) is 6.54 Å². The fraction of sp³-hybridized carbons (Fsp3) is 0.647. The molecule has 0 aliphatic carbocycles. The van der Waals surface area contributed by atoms with E-state index in [1.165, 1.54) is 12.0 Å². The molecule has 2 atom stereocenters. The Kier molecular flexibility index (Phi) is 5.53. The molecule has 1 heterocycles. The maximum Gasteiger partial charge on any atom is 0.245 e. The molecule has 1 N–H and O–H groups in total. The van der Waals surface area contributed by atoms with Gasteiger partial charge in [-0.3, -0.25) is 0 Å². The van der Waals surface area contributed by atoms with E-state index in [1.807, 2.05) is 6.07 Å². The number of piperidine rings is 1. The van der Waals surface area contributed by atoms with E-state index in [0.717, 1.165) is 32.7 Å². The fourth-order valence-corrected chi connectivity index (χ4v) is 3.08. The molecule has 112 valence electrons. The topological polar surface area (TPSA) is 12.0 Å². The summed E-state index contributed by atoms with van der Waals surface area (Å²) in [5.41, 5.74) is 1.42. The van der Waals surface area contributed by atoms with Crippen LogP contribution in [-0.4, -0.2) is 18.5 Å². The van der Waals surface area contributed by atoms with E-state index in [1.54, 1.807) is 0 Å². The van der Waals surface area contributed by atoms with Gasteiger partial charge in [0.25, 0.3) is 0 Å². The van der Waals surface area contributed by atoms with E-state index < -0.39 is 5.92 Å². The molecule has 1 saturated heterocycles. The Balaban J connectivity index is 1.74. The van der Waals surface area contributed by atoms with Gasteiger partial charge >= 0.3 is 0 Å². The highest BCUT2D eigenvalue weighted by atomic mass is 19.3. The molecule has 0 aromatic heterocycles. The Hall–Kier alpha value is -0.960. The molecule has 20 heavy (non-hydrogen) atoms. The van der Waals surface area contributed by atoms with E-state index in [-0.39, 0.29) is 6.42 Å². The summed E-state index contributed by atoms with van der Waals surface area (Å²) < 4.78 is 25.5. The third-order valence-corrected chi connectivity index (χ3v) is 4.18. The van der Waals surface area contributed by atoms with E-state index >= 15 is 0 Å². The van der Waals surface area contributed by atoms with Gasteiger partial charge in [0, 0.05) is 12.5 Å². The zero-order valence-corrected chi connectivity index (χ0v) is 12.2. The number of halogens is 2. The lowest BCUT2D eigenvalue weighted by Crippen LogP contribution is -2.37. The highest BCUT2D eigenvalue weighted by Crippen LogP contribution is 2.29. The molecule has 0 saturated carbocycles. The van der Waals surface area contributed by atoms with Crippen LogP contribution in [0.5, 0.6) is 0 Å². The SMILES string of the molecule is CC(F)(F)CCCCC1CC(c2ccccc2)CCN1. The van der Waals surface area contributed by atoms with Gasteiger partial charge < -0.3 is 5.32 Å². The number of hydrogen-bond acceptors (Lipinski definition) is 1. The van der Waals surface area contributed by atoms with Crippen molar-refractivity contribution in [1.29, 1.82) is 0 Å². The lowest BCUT2D eigenvalue weighted by atomic mass is 9.85. The first-order valence-corrected chi connectivity index (χ1v) is 7.71. The standard InChI is InChI=1S/C17H25F2N/c1-17(18,19)11-6-5-9-16-13-15(10-12-20-16)14-7-3-2-4-8-14/h2-4,7-8,15-16,20H,5-6,9-13H2,1H3. The average molecular weight is 281 g/mol. The van der Waals surface area contributed by atoms with Crippen LogP contribution in [0, 0.1) is 0 Å². The minimum atomic E-state index is -2.51. The van der Waals surface area contributed by atoms with Crippen LogP contribution >= 0.6 is 0 Å². The van der Waals surface area contributed by atoms with Crippen molar-refractivity contribution in [1.82, 2.24) is 5.32 Å². The molecule has 2 rings (SSSR count). The second-order valence-electron chi connectivity index (χ2n) is 6.10. The molecule has 0 bridgehead atoms. The molecule has 1 aliphatic heterocycles. The van der Waals surface area contributed by atoms with Crippen LogP contribution in [0.1, 0.15) is 56.9 Å². The molecule has 3 heteroatoms. The molecular formula is C17H25F2N.